The lowest BCUT2D eigenvalue weighted by Crippen LogP contribution is -2.37. The first-order valence-electron chi connectivity index (χ1n) is 8.15. The second-order valence-corrected chi connectivity index (χ2v) is 6.17. The number of piperidine rings is 1. The van der Waals surface area contributed by atoms with Crippen molar-refractivity contribution in [2.45, 2.75) is 32.2 Å². The number of carbonyl (C=O) groups excluding carboxylic acids is 1. The van der Waals surface area contributed by atoms with E-state index in [1.54, 1.807) is 0 Å². The Morgan fingerprint density at radius 2 is 2.05 bits per heavy atom. The third-order valence-corrected chi connectivity index (χ3v) is 4.54. The topological polar surface area (TPSA) is 44.4 Å². The standard InChI is InChI=1S/C17H25N3O/c21-17(14-7-5-9-18-12-14)19-16-8-2-1-6-15(16)13-20-10-3-4-11-20/h1-2,6,8,14,18H,3-5,7,9-13H2,(H,19,21). The maximum Gasteiger partial charge on any atom is 0.228 e. The normalized spacial score (nSPS) is 23.1. The Morgan fingerprint density at radius 1 is 1.24 bits per heavy atom. The van der Waals surface area contributed by atoms with E-state index in [2.05, 4.69) is 27.7 Å². The predicted molar refractivity (Wildman–Crippen MR) is 85.2 cm³/mol. The molecule has 0 saturated carbocycles. The van der Waals surface area contributed by atoms with Crippen LogP contribution in [-0.2, 0) is 11.3 Å². The molecule has 2 aliphatic rings. The van der Waals surface area contributed by atoms with Gasteiger partial charge in [0.1, 0.15) is 0 Å². The van der Waals surface area contributed by atoms with Gasteiger partial charge >= 0.3 is 0 Å². The minimum atomic E-state index is 0.110. The van der Waals surface area contributed by atoms with Gasteiger partial charge in [0.15, 0.2) is 0 Å². The van der Waals surface area contributed by atoms with Crippen LogP contribution in [0, 0.1) is 5.92 Å². The van der Waals surface area contributed by atoms with Crippen LogP contribution in [0.3, 0.4) is 0 Å². The number of para-hydroxylation sites is 1. The molecule has 0 aliphatic carbocycles. The Kier molecular flexibility index (Phi) is 4.88. The molecule has 2 N–H and O–H groups in total. The molecule has 1 aromatic carbocycles. The van der Waals surface area contributed by atoms with E-state index in [1.807, 2.05) is 12.1 Å². The Morgan fingerprint density at radius 3 is 2.81 bits per heavy atom. The summed E-state index contributed by atoms with van der Waals surface area (Å²) in [7, 11) is 0. The van der Waals surface area contributed by atoms with Gasteiger partial charge in [0, 0.05) is 18.8 Å². The molecule has 21 heavy (non-hydrogen) atoms. The molecule has 4 nitrogen and oxygen atoms in total. The van der Waals surface area contributed by atoms with E-state index in [0.29, 0.717) is 0 Å². The molecule has 1 atom stereocenters. The van der Waals surface area contributed by atoms with E-state index in [0.717, 1.165) is 38.2 Å². The van der Waals surface area contributed by atoms with Crippen molar-refractivity contribution in [3.8, 4) is 0 Å². The first kappa shape index (κ1) is 14.5. The van der Waals surface area contributed by atoms with Crippen molar-refractivity contribution in [2.24, 2.45) is 5.92 Å². The van der Waals surface area contributed by atoms with Crippen molar-refractivity contribution < 1.29 is 4.79 Å². The number of nitrogens with one attached hydrogen (secondary N) is 2. The van der Waals surface area contributed by atoms with Gasteiger partial charge < -0.3 is 10.6 Å². The van der Waals surface area contributed by atoms with Crippen molar-refractivity contribution in [3.05, 3.63) is 29.8 Å². The zero-order valence-corrected chi connectivity index (χ0v) is 12.6. The molecule has 0 spiro atoms. The molecule has 3 rings (SSSR count). The highest BCUT2D eigenvalue weighted by Gasteiger charge is 2.22. The van der Waals surface area contributed by atoms with E-state index >= 15 is 0 Å². The van der Waals surface area contributed by atoms with Crippen molar-refractivity contribution >= 4 is 11.6 Å². The van der Waals surface area contributed by atoms with Crippen molar-refractivity contribution in [3.63, 3.8) is 0 Å². The molecule has 2 saturated heterocycles. The van der Waals surface area contributed by atoms with Gasteiger partial charge in [-0.2, -0.15) is 0 Å². The number of likely N-dealkylation sites (tertiary alicyclic amines) is 1. The van der Waals surface area contributed by atoms with E-state index in [-0.39, 0.29) is 11.8 Å². The number of anilines is 1. The molecule has 0 bridgehead atoms. The molecule has 1 amide bonds. The SMILES string of the molecule is O=C(Nc1ccccc1CN1CCCC1)C1CCCNC1. The first-order chi connectivity index (χ1) is 10.3. The van der Waals surface area contributed by atoms with Crippen molar-refractivity contribution in [2.75, 3.05) is 31.5 Å². The fraction of sp³-hybridized carbons (Fsp3) is 0.588. The molecule has 1 unspecified atom stereocenters. The van der Waals surface area contributed by atoms with E-state index in [9.17, 15) is 4.79 Å². The molecular formula is C17H25N3O. The summed E-state index contributed by atoms with van der Waals surface area (Å²) >= 11 is 0. The Balaban J connectivity index is 1.65. The smallest absolute Gasteiger partial charge is 0.228 e. The summed E-state index contributed by atoms with van der Waals surface area (Å²) in [6, 6.07) is 8.22. The Hall–Kier alpha value is -1.39. The fourth-order valence-corrected chi connectivity index (χ4v) is 3.27. The minimum Gasteiger partial charge on any atom is -0.326 e. The number of rotatable bonds is 4. The van der Waals surface area contributed by atoms with Crippen LogP contribution in [0.5, 0.6) is 0 Å². The summed E-state index contributed by atoms with van der Waals surface area (Å²) in [5, 5.41) is 6.45. The van der Waals surface area contributed by atoms with Gasteiger partial charge in [0.05, 0.1) is 5.92 Å². The highest BCUT2D eigenvalue weighted by molar-refractivity contribution is 5.93. The maximum atomic E-state index is 12.4. The molecule has 0 aromatic heterocycles. The second kappa shape index (κ2) is 7.05. The molecule has 1 aromatic rings. The molecule has 2 fully saturated rings. The summed E-state index contributed by atoms with van der Waals surface area (Å²) in [6.45, 7) is 5.14. The third-order valence-electron chi connectivity index (χ3n) is 4.54. The molecule has 2 aliphatic heterocycles. The van der Waals surface area contributed by atoms with Crippen LogP contribution in [-0.4, -0.2) is 37.0 Å². The lowest BCUT2D eigenvalue weighted by atomic mass is 9.98. The van der Waals surface area contributed by atoms with Crippen molar-refractivity contribution in [1.82, 2.24) is 10.2 Å². The number of hydrogen-bond acceptors (Lipinski definition) is 3. The summed E-state index contributed by atoms with van der Waals surface area (Å²) < 4.78 is 0. The van der Waals surface area contributed by atoms with Crippen LogP contribution >= 0.6 is 0 Å². The quantitative estimate of drug-likeness (QED) is 0.892. The minimum absolute atomic E-state index is 0.110. The van der Waals surface area contributed by atoms with E-state index < -0.39 is 0 Å². The summed E-state index contributed by atoms with van der Waals surface area (Å²) in [5.41, 5.74) is 2.22. The van der Waals surface area contributed by atoms with Crippen LogP contribution < -0.4 is 10.6 Å². The maximum absolute atomic E-state index is 12.4. The Labute approximate surface area is 126 Å². The molecular weight excluding hydrogens is 262 g/mol. The lowest BCUT2D eigenvalue weighted by molar-refractivity contribution is -0.120. The van der Waals surface area contributed by atoms with Gasteiger partial charge in [0.25, 0.3) is 0 Å². The van der Waals surface area contributed by atoms with Gasteiger partial charge in [-0.15, -0.1) is 0 Å². The summed E-state index contributed by atoms with van der Waals surface area (Å²) in [5.74, 6) is 0.273. The van der Waals surface area contributed by atoms with E-state index in [4.69, 9.17) is 0 Å². The number of amides is 1. The lowest BCUT2D eigenvalue weighted by Gasteiger charge is -2.23. The van der Waals surface area contributed by atoms with Gasteiger partial charge in [-0.3, -0.25) is 9.69 Å². The van der Waals surface area contributed by atoms with Crippen molar-refractivity contribution in [1.29, 1.82) is 0 Å². The third kappa shape index (κ3) is 3.83. The monoisotopic (exact) mass is 287 g/mol. The van der Waals surface area contributed by atoms with E-state index in [1.165, 1.54) is 31.5 Å². The zero-order chi connectivity index (χ0) is 14.5. The highest BCUT2D eigenvalue weighted by atomic mass is 16.1. The van der Waals surface area contributed by atoms with Gasteiger partial charge in [-0.05, 0) is 56.9 Å². The second-order valence-electron chi connectivity index (χ2n) is 6.17. The molecule has 4 heteroatoms. The average molecular weight is 287 g/mol. The van der Waals surface area contributed by atoms with Crippen LogP contribution in [0.2, 0.25) is 0 Å². The highest BCUT2D eigenvalue weighted by Crippen LogP contribution is 2.21. The largest absolute Gasteiger partial charge is 0.326 e. The van der Waals surface area contributed by atoms with Gasteiger partial charge in [0.2, 0.25) is 5.91 Å². The molecule has 114 valence electrons. The zero-order valence-electron chi connectivity index (χ0n) is 12.6. The average Bonchev–Trinajstić information content (AvgIpc) is 3.03. The van der Waals surface area contributed by atoms with Crippen LogP contribution in [0.1, 0.15) is 31.2 Å². The fourth-order valence-electron chi connectivity index (χ4n) is 3.27. The first-order valence-corrected chi connectivity index (χ1v) is 8.15. The number of hydrogen-bond donors (Lipinski definition) is 2. The van der Waals surface area contributed by atoms with Gasteiger partial charge in [-0.1, -0.05) is 18.2 Å². The number of benzene rings is 1. The van der Waals surface area contributed by atoms with Crippen LogP contribution in [0.15, 0.2) is 24.3 Å². The summed E-state index contributed by atoms with van der Waals surface area (Å²) in [6.07, 6.45) is 4.67. The summed E-state index contributed by atoms with van der Waals surface area (Å²) in [4.78, 5) is 14.9. The number of carbonyl (C=O) groups is 1. The van der Waals surface area contributed by atoms with Crippen LogP contribution in [0.25, 0.3) is 0 Å². The predicted octanol–water partition coefficient (Wildman–Crippen LogP) is 2.22. The number of nitrogens with zero attached hydrogens (tertiary/aromatic N) is 1. The van der Waals surface area contributed by atoms with Gasteiger partial charge in [-0.25, -0.2) is 0 Å². The molecule has 0 radical (unpaired) electrons. The molecule has 2 heterocycles. The van der Waals surface area contributed by atoms with Crippen LogP contribution in [0.4, 0.5) is 5.69 Å². The Bertz CT molecular complexity index is 477.